The number of halogens is 1. The first-order valence-electron chi connectivity index (χ1n) is 13.5. The van der Waals surface area contributed by atoms with Crippen molar-refractivity contribution in [1.82, 2.24) is 20.2 Å². The molecule has 0 bridgehead atoms. The zero-order valence-electron chi connectivity index (χ0n) is 22.5. The fourth-order valence-electron chi connectivity index (χ4n) is 5.76. The number of amides is 1. The molecular formula is C32H29FN4O2S2. The van der Waals surface area contributed by atoms with Crippen molar-refractivity contribution in [2.75, 3.05) is 20.2 Å². The molecular weight excluding hydrogens is 556 g/mol. The van der Waals surface area contributed by atoms with Crippen LogP contribution in [0.2, 0.25) is 0 Å². The van der Waals surface area contributed by atoms with Crippen LogP contribution in [0.5, 0.6) is 5.75 Å². The summed E-state index contributed by atoms with van der Waals surface area (Å²) in [4.78, 5) is 25.6. The number of nitrogens with one attached hydrogen (secondary N) is 1. The first-order valence-corrected chi connectivity index (χ1v) is 15.2. The Hall–Kier alpha value is -3.92. The van der Waals surface area contributed by atoms with E-state index in [1.54, 1.807) is 40.7 Å². The second kappa shape index (κ2) is 10.5. The molecule has 0 fully saturated rings. The second-order valence-corrected chi connectivity index (χ2v) is 12.2. The monoisotopic (exact) mass is 584 g/mol. The largest absolute Gasteiger partial charge is 0.496 e. The van der Waals surface area contributed by atoms with E-state index in [0.29, 0.717) is 25.3 Å². The number of thiophene rings is 1. The summed E-state index contributed by atoms with van der Waals surface area (Å²) in [7, 11) is 1.56. The summed E-state index contributed by atoms with van der Waals surface area (Å²) < 4.78 is 21.0. The molecule has 5 heterocycles. The number of nitrogens with zero attached hydrogens (tertiary/aromatic N) is 3. The molecule has 0 saturated heterocycles. The lowest BCUT2D eigenvalue weighted by Gasteiger charge is -2.24. The summed E-state index contributed by atoms with van der Waals surface area (Å²) in [6, 6.07) is 13.4. The molecule has 2 aliphatic rings. The van der Waals surface area contributed by atoms with Crippen molar-refractivity contribution >= 4 is 38.7 Å². The number of carbonyl (C=O) groups excluding carboxylic acids is 1. The molecule has 0 radical (unpaired) electrons. The third kappa shape index (κ3) is 4.54. The van der Waals surface area contributed by atoms with Crippen molar-refractivity contribution in [2.24, 2.45) is 0 Å². The SMILES string of the molecule is C=CC(=O)N1CCc2nc(-c3nc(-c4ccc5c(c4)CCNC5)c4ccsc4c3-c3ccc(F)cc3OC)sc2C1.[HH]. The number of pyridine rings is 1. The molecule has 0 spiro atoms. The molecule has 208 valence electrons. The molecule has 0 aliphatic carbocycles. The lowest BCUT2D eigenvalue weighted by atomic mass is 9.94. The van der Waals surface area contributed by atoms with Crippen LogP contribution in [0.3, 0.4) is 0 Å². The van der Waals surface area contributed by atoms with Crippen molar-refractivity contribution in [3.63, 3.8) is 0 Å². The van der Waals surface area contributed by atoms with E-state index in [9.17, 15) is 9.18 Å². The fraction of sp³-hybridized carbons (Fsp3) is 0.219. The van der Waals surface area contributed by atoms with Crippen LogP contribution < -0.4 is 10.1 Å². The summed E-state index contributed by atoms with van der Waals surface area (Å²) in [6.45, 7) is 6.59. The minimum atomic E-state index is -0.362. The van der Waals surface area contributed by atoms with E-state index < -0.39 is 0 Å². The van der Waals surface area contributed by atoms with E-state index >= 15 is 0 Å². The Morgan fingerprint density at radius 2 is 2.05 bits per heavy atom. The highest BCUT2D eigenvalue weighted by molar-refractivity contribution is 7.18. The van der Waals surface area contributed by atoms with Crippen LogP contribution in [0, 0.1) is 5.82 Å². The predicted octanol–water partition coefficient (Wildman–Crippen LogP) is 6.86. The number of rotatable bonds is 5. The quantitative estimate of drug-likeness (QED) is 0.229. The normalized spacial score (nSPS) is 14.5. The van der Waals surface area contributed by atoms with Gasteiger partial charge in [-0.05, 0) is 59.8 Å². The van der Waals surface area contributed by atoms with Gasteiger partial charge in [-0.25, -0.2) is 14.4 Å². The van der Waals surface area contributed by atoms with Gasteiger partial charge < -0.3 is 15.0 Å². The Labute approximate surface area is 246 Å². The Bertz CT molecular complexity index is 1850. The lowest BCUT2D eigenvalue weighted by molar-refractivity contribution is -0.126. The number of thiazole rings is 1. The van der Waals surface area contributed by atoms with E-state index in [0.717, 1.165) is 73.3 Å². The van der Waals surface area contributed by atoms with Gasteiger partial charge in [0.2, 0.25) is 5.91 Å². The van der Waals surface area contributed by atoms with Gasteiger partial charge in [0.25, 0.3) is 0 Å². The summed E-state index contributed by atoms with van der Waals surface area (Å²) in [5.74, 6) is 0.00519. The maximum atomic E-state index is 14.3. The topological polar surface area (TPSA) is 67.4 Å². The van der Waals surface area contributed by atoms with Gasteiger partial charge >= 0.3 is 0 Å². The minimum Gasteiger partial charge on any atom is -0.496 e. The molecule has 2 aromatic carbocycles. The van der Waals surface area contributed by atoms with Gasteiger partial charge in [-0.2, -0.15) is 0 Å². The Morgan fingerprint density at radius 1 is 1.15 bits per heavy atom. The number of aromatic nitrogens is 2. The number of ether oxygens (including phenoxy) is 1. The zero-order valence-corrected chi connectivity index (χ0v) is 24.1. The lowest BCUT2D eigenvalue weighted by Crippen LogP contribution is -2.34. The molecule has 0 unspecified atom stereocenters. The third-order valence-electron chi connectivity index (χ3n) is 7.83. The van der Waals surface area contributed by atoms with Crippen LogP contribution in [0.15, 0.2) is 60.5 Å². The molecule has 3 aromatic heterocycles. The molecule has 41 heavy (non-hydrogen) atoms. The molecule has 7 rings (SSSR count). The summed E-state index contributed by atoms with van der Waals surface area (Å²) in [5.41, 5.74) is 8.00. The van der Waals surface area contributed by atoms with Crippen LogP contribution >= 0.6 is 22.7 Å². The van der Waals surface area contributed by atoms with Crippen LogP contribution in [-0.2, 0) is 30.7 Å². The smallest absolute Gasteiger partial charge is 0.246 e. The number of hydrogen-bond donors (Lipinski definition) is 1. The molecule has 2 aliphatic heterocycles. The number of methoxy groups -OCH3 is 1. The van der Waals surface area contributed by atoms with Gasteiger partial charge in [0, 0.05) is 58.7 Å². The van der Waals surface area contributed by atoms with Crippen LogP contribution in [0.25, 0.3) is 43.2 Å². The average molecular weight is 585 g/mol. The standard InChI is InChI=1S/C32H27FN4O2S2.H2/c1-3-27(38)37-12-9-24-26(17-37)41-32(35-24)30-28(22-7-6-21(33)15-25(22)39-2)31-23(10-13-40-31)29(36-30)19-4-5-20-16-34-11-8-18(20)14-19;/h3-7,10,13-15,34H,1,8-9,11-12,16-17H2,2H3;1H. The van der Waals surface area contributed by atoms with E-state index in [2.05, 4.69) is 41.5 Å². The molecule has 0 saturated carbocycles. The van der Waals surface area contributed by atoms with Gasteiger partial charge in [0.1, 0.15) is 22.3 Å². The number of fused-ring (bicyclic) bond motifs is 3. The highest BCUT2D eigenvalue weighted by Crippen LogP contribution is 2.47. The fourth-order valence-corrected chi connectivity index (χ4v) is 7.84. The Morgan fingerprint density at radius 3 is 2.90 bits per heavy atom. The van der Waals surface area contributed by atoms with Crippen molar-refractivity contribution in [2.45, 2.75) is 25.9 Å². The predicted molar refractivity (Wildman–Crippen MR) is 165 cm³/mol. The van der Waals surface area contributed by atoms with Crippen molar-refractivity contribution in [3.8, 4) is 38.8 Å². The van der Waals surface area contributed by atoms with Crippen molar-refractivity contribution in [3.05, 3.63) is 88.0 Å². The molecule has 1 N–H and O–H groups in total. The van der Waals surface area contributed by atoms with Crippen LogP contribution in [-0.4, -0.2) is 41.0 Å². The van der Waals surface area contributed by atoms with Gasteiger partial charge in [-0.15, -0.1) is 22.7 Å². The average Bonchev–Trinajstić information content (AvgIpc) is 3.67. The summed E-state index contributed by atoms with van der Waals surface area (Å²) in [6.07, 6.45) is 3.01. The minimum absolute atomic E-state index is 0. The summed E-state index contributed by atoms with van der Waals surface area (Å²) >= 11 is 3.20. The number of benzene rings is 2. The van der Waals surface area contributed by atoms with E-state index in [1.165, 1.54) is 29.3 Å². The zero-order chi connectivity index (χ0) is 28.1. The number of hydrogen-bond acceptors (Lipinski definition) is 7. The maximum Gasteiger partial charge on any atom is 0.246 e. The first kappa shape index (κ1) is 26.0. The van der Waals surface area contributed by atoms with Gasteiger partial charge in [-0.3, -0.25) is 4.79 Å². The molecule has 9 heteroatoms. The van der Waals surface area contributed by atoms with E-state index in [4.69, 9.17) is 14.7 Å². The van der Waals surface area contributed by atoms with Gasteiger partial charge in [0.15, 0.2) is 0 Å². The van der Waals surface area contributed by atoms with Crippen molar-refractivity contribution < 1.29 is 15.3 Å². The van der Waals surface area contributed by atoms with Crippen LogP contribution in [0.1, 0.15) is 23.1 Å². The molecule has 5 aromatic rings. The van der Waals surface area contributed by atoms with Crippen LogP contribution in [0.4, 0.5) is 4.39 Å². The van der Waals surface area contributed by atoms with Gasteiger partial charge in [-0.1, -0.05) is 18.7 Å². The second-order valence-electron chi connectivity index (χ2n) is 10.2. The van der Waals surface area contributed by atoms with E-state index in [1.807, 2.05) is 0 Å². The number of carbonyl (C=O) groups is 1. The van der Waals surface area contributed by atoms with E-state index in [-0.39, 0.29) is 13.2 Å². The Balaban J connectivity index is 0.00000316. The summed E-state index contributed by atoms with van der Waals surface area (Å²) in [5, 5.41) is 7.34. The van der Waals surface area contributed by atoms with Gasteiger partial charge in [0.05, 0.1) is 25.0 Å². The highest BCUT2D eigenvalue weighted by atomic mass is 32.1. The van der Waals surface area contributed by atoms with Crippen molar-refractivity contribution in [1.29, 1.82) is 0 Å². The Kier molecular flexibility index (Phi) is 6.65. The third-order valence-corrected chi connectivity index (χ3v) is 9.85. The first-order chi connectivity index (χ1) is 20.0. The molecule has 0 atom stereocenters. The maximum absolute atomic E-state index is 14.3. The molecule has 6 nitrogen and oxygen atoms in total. The highest BCUT2D eigenvalue weighted by Gasteiger charge is 2.28. The molecule has 1 amide bonds.